The maximum Gasteiger partial charge on any atom is 0.144 e. The van der Waals surface area contributed by atoms with Gasteiger partial charge in [-0.1, -0.05) is 6.92 Å². The molecule has 1 atom stereocenters. The smallest absolute Gasteiger partial charge is 0.144 e. The molecular weight excluding hydrogens is 126 g/mol. The second-order valence-corrected chi connectivity index (χ2v) is 2.12. The lowest BCUT2D eigenvalue weighted by molar-refractivity contribution is 0.648. The second kappa shape index (κ2) is 3.27. The van der Waals surface area contributed by atoms with Gasteiger partial charge in [0.15, 0.2) is 0 Å². The van der Waals surface area contributed by atoms with Crippen LogP contribution in [0.5, 0.6) is 0 Å². The fourth-order valence-electron chi connectivity index (χ4n) is 0.685. The van der Waals surface area contributed by atoms with Gasteiger partial charge in [-0.2, -0.15) is 0 Å². The quantitative estimate of drug-likeness (QED) is 0.658. The van der Waals surface area contributed by atoms with Crippen LogP contribution in [0.2, 0.25) is 0 Å². The lowest BCUT2D eigenvalue weighted by Gasteiger charge is -2.04. The predicted octanol–water partition coefficient (Wildman–Crippen LogP) is 0.886. The number of hydrogen-bond donors (Lipinski definition) is 1. The monoisotopic (exact) mass is 137 g/mol. The molecule has 1 rings (SSSR count). The van der Waals surface area contributed by atoms with Crippen LogP contribution in [0.1, 0.15) is 25.2 Å². The average molecular weight is 137 g/mol. The molecule has 0 aliphatic carbocycles. The Morgan fingerprint density at radius 1 is 1.50 bits per heavy atom. The molecule has 0 bridgehead atoms. The second-order valence-electron chi connectivity index (χ2n) is 2.12. The van der Waals surface area contributed by atoms with Gasteiger partial charge in [-0.05, 0) is 12.5 Å². The third-order valence-electron chi connectivity index (χ3n) is 1.36. The summed E-state index contributed by atoms with van der Waals surface area (Å²) in [5, 5.41) is 0. The first-order chi connectivity index (χ1) is 4.84. The van der Waals surface area contributed by atoms with Crippen LogP contribution < -0.4 is 5.73 Å². The van der Waals surface area contributed by atoms with Crippen molar-refractivity contribution in [1.82, 2.24) is 9.97 Å². The third-order valence-corrected chi connectivity index (χ3v) is 1.36. The number of aromatic nitrogens is 2. The van der Waals surface area contributed by atoms with Crippen molar-refractivity contribution < 1.29 is 0 Å². The van der Waals surface area contributed by atoms with E-state index in [-0.39, 0.29) is 6.04 Å². The van der Waals surface area contributed by atoms with Gasteiger partial charge in [0.1, 0.15) is 5.82 Å². The van der Waals surface area contributed by atoms with E-state index in [2.05, 4.69) is 9.97 Å². The van der Waals surface area contributed by atoms with E-state index in [1.807, 2.05) is 6.92 Å². The first-order valence-electron chi connectivity index (χ1n) is 3.37. The average Bonchev–Trinajstić information content (AvgIpc) is 2.05. The van der Waals surface area contributed by atoms with Gasteiger partial charge in [0.05, 0.1) is 6.04 Å². The molecule has 3 heteroatoms. The molecule has 1 aromatic rings. The van der Waals surface area contributed by atoms with Gasteiger partial charge < -0.3 is 5.73 Å². The molecule has 1 heterocycles. The molecule has 0 aliphatic rings. The van der Waals surface area contributed by atoms with E-state index in [0.29, 0.717) is 0 Å². The minimum absolute atomic E-state index is 0.0128. The number of nitrogens with zero attached hydrogens (tertiary/aromatic N) is 2. The van der Waals surface area contributed by atoms with Crippen LogP contribution in [0.15, 0.2) is 18.5 Å². The van der Waals surface area contributed by atoms with Gasteiger partial charge in [0.2, 0.25) is 0 Å². The standard InChI is InChI=1S/C7H11N3/c1-2-6(8)7-9-4-3-5-10-7/h3-6H,2,8H2,1H3/t6-/m0/s1. The first-order valence-corrected chi connectivity index (χ1v) is 3.37. The molecule has 0 aromatic carbocycles. The number of hydrogen-bond acceptors (Lipinski definition) is 3. The Kier molecular flexibility index (Phi) is 2.34. The molecule has 0 amide bonds. The molecule has 0 saturated carbocycles. The van der Waals surface area contributed by atoms with Gasteiger partial charge in [-0.25, -0.2) is 9.97 Å². The predicted molar refractivity (Wildman–Crippen MR) is 39.3 cm³/mol. The molecule has 0 radical (unpaired) electrons. The number of nitrogens with two attached hydrogens (primary N) is 1. The summed E-state index contributed by atoms with van der Waals surface area (Å²) >= 11 is 0. The van der Waals surface area contributed by atoms with Crippen molar-refractivity contribution in [2.24, 2.45) is 5.73 Å². The van der Waals surface area contributed by atoms with Crippen molar-refractivity contribution in [2.75, 3.05) is 0 Å². The van der Waals surface area contributed by atoms with Gasteiger partial charge in [-0.15, -0.1) is 0 Å². The molecule has 1 aromatic heterocycles. The highest BCUT2D eigenvalue weighted by molar-refractivity contribution is 4.93. The zero-order chi connectivity index (χ0) is 7.40. The Bertz CT molecular complexity index is 185. The summed E-state index contributed by atoms with van der Waals surface area (Å²) in [5.41, 5.74) is 5.67. The maximum absolute atomic E-state index is 5.67. The van der Waals surface area contributed by atoms with E-state index < -0.39 is 0 Å². The normalized spacial score (nSPS) is 13.0. The minimum Gasteiger partial charge on any atom is -0.321 e. The van der Waals surface area contributed by atoms with Crippen molar-refractivity contribution in [3.8, 4) is 0 Å². The summed E-state index contributed by atoms with van der Waals surface area (Å²) < 4.78 is 0. The highest BCUT2D eigenvalue weighted by atomic mass is 14.9. The summed E-state index contributed by atoms with van der Waals surface area (Å²) in [7, 11) is 0. The number of rotatable bonds is 2. The Labute approximate surface area is 60.3 Å². The van der Waals surface area contributed by atoms with Crippen LogP contribution in [-0.2, 0) is 0 Å². The lowest BCUT2D eigenvalue weighted by atomic mass is 10.2. The van der Waals surface area contributed by atoms with Crippen molar-refractivity contribution in [3.05, 3.63) is 24.3 Å². The van der Waals surface area contributed by atoms with E-state index in [4.69, 9.17) is 5.73 Å². The zero-order valence-electron chi connectivity index (χ0n) is 5.99. The Hall–Kier alpha value is -0.960. The zero-order valence-corrected chi connectivity index (χ0v) is 5.99. The third kappa shape index (κ3) is 1.51. The molecular formula is C7H11N3. The molecule has 2 N–H and O–H groups in total. The molecule has 0 unspecified atom stereocenters. The molecule has 0 spiro atoms. The van der Waals surface area contributed by atoms with Crippen LogP contribution >= 0.6 is 0 Å². The molecule has 0 saturated heterocycles. The Morgan fingerprint density at radius 2 is 2.10 bits per heavy atom. The first kappa shape index (κ1) is 7.15. The van der Waals surface area contributed by atoms with E-state index in [0.717, 1.165) is 12.2 Å². The molecule has 0 fully saturated rings. The van der Waals surface area contributed by atoms with E-state index >= 15 is 0 Å². The van der Waals surface area contributed by atoms with E-state index in [9.17, 15) is 0 Å². The highest BCUT2D eigenvalue weighted by Gasteiger charge is 2.02. The maximum atomic E-state index is 5.67. The summed E-state index contributed by atoms with van der Waals surface area (Å²) in [6.45, 7) is 2.01. The molecule has 3 nitrogen and oxygen atoms in total. The van der Waals surface area contributed by atoms with Crippen molar-refractivity contribution in [2.45, 2.75) is 19.4 Å². The van der Waals surface area contributed by atoms with Gasteiger partial charge >= 0.3 is 0 Å². The molecule has 10 heavy (non-hydrogen) atoms. The highest BCUT2D eigenvalue weighted by Crippen LogP contribution is 2.04. The Balaban J connectivity index is 2.75. The van der Waals surface area contributed by atoms with E-state index in [1.165, 1.54) is 0 Å². The summed E-state index contributed by atoms with van der Waals surface area (Å²) in [5.74, 6) is 0.727. The van der Waals surface area contributed by atoms with Crippen molar-refractivity contribution in [3.63, 3.8) is 0 Å². The molecule has 0 aliphatic heterocycles. The Morgan fingerprint density at radius 3 is 2.60 bits per heavy atom. The fraction of sp³-hybridized carbons (Fsp3) is 0.429. The summed E-state index contributed by atoms with van der Waals surface area (Å²) in [6, 6.07) is 1.77. The van der Waals surface area contributed by atoms with Crippen LogP contribution in [0.4, 0.5) is 0 Å². The lowest BCUT2D eigenvalue weighted by Crippen LogP contribution is -2.11. The summed E-state index contributed by atoms with van der Waals surface area (Å²) in [6.07, 6.45) is 4.29. The van der Waals surface area contributed by atoms with Crippen LogP contribution in [0.25, 0.3) is 0 Å². The largest absolute Gasteiger partial charge is 0.321 e. The fourth-order valence-corrected chi connectivity index (χ4v) is 0.685. The van der Waals surface area contributed by atoms with Crippen molar-refractivity contribution >= 4 is 0 Å². The van der Waals surface area contributed by atoms with E-state index in [1.54, 1.807) is 18.5 Å². The van der Waals surface area contributed by atoms with Gasteiger partial charge in [-0.3, -0.25) is 0 Å². The SMILES string of the molecule is CC[C@H](N)c1ncccn1. The minimum atomic E-state index is -0.0128. The van der Waals surface area contributed by atoms with Crippen LogP contribution in [0, 0.1) is 0 Å². The van der Waals surface area contributed by atoms with Gasteiger partial charge in [0.25, 0.3) is 0 Å². The van der Waals surface area contributed by atoms with Gasteiger partial charge in [0, 0.05) is 12.4 Å². The molecule has 54 valence electrons. The van der Waals surface area contributed by atoms with Crippen LogP contribution in [0.3, 0.4) is 0 Å². The topological polar surface area (TPSA) is 51.8 Å². The van der Waals surface area contributed by atoms with Crippen LogP contribution in [-0.4, -0.2) is 9.97 Å². The summed E-state index contributed by atoms with van der Waals surface area (Å²) in [4.78, 5) is 8.03. The van der Waals surface area contributed by atoms with Crippen molar-refractivity contribution in [1.29, 1.82) is 0 Å².